The molecule has 2 aliphatic heterocycles. The van der Waals surface area contributed by atoms with E-state index >= 15 is 0 Å². The van der Waals surface area contributed by atoms with Gasteiger partial charge in [-0.25, -0.2) is 5.01 Å². The molecule has 3 heterocycles. The summed E-state index contributed by atoms with van der Waals surface area (Å²) in [5.41, 5.74) is 1.32. The molecule has 0 saturated carbocycles. The Morgan fingerprint density at radius 2 is 2.23 bits per heavy atom. The Morgan fingerprint density at radius 3 is 2.91 bits per heavy atom. The molecule has 0 bridgehead atoms. The van der Waals surface area contributed by atoms with Crippen molar-refractivity contribution in [2.75, 3.05) is 13.7 Å². The van der Waals surface area contributed by atoms with E-state index in [4.69, 9.17) is 4.74 Å². The number of hydrogen-bond acceptors (Lipinski definition) is 5. The Balaban J connectivity index is 1.70. The molecule has 1 saturated heterocycles. The highest BCUT2D eigenvalue weighted by atomic mass is 16.5. The zero-order valence-corrected chi connectivity index (χ0v) is 12.7. The number of rotatable bonds is 3. The van der Waals surface area contributed by atoms with Crippen molar-refractivity contribution in [2.45, 2.75) is 31.4 Å². The average molecular weight is 305 g/mol. The molecule has 0 radical (unpaired) electrons. The van der Waals surface area contributed by atoms with Gasteiger partial charge in [-0.05, 0) is 12.5 Å². The molecule has 1 aromatic rings. The molecule has 118 valence electrons. The van der Waals surface area contributed by atoms with Crippen LogP contribution in [0.2, 0.25) is 0 Å². The first-order valence-electron chi connectivity index (χ1n) is 7.30. The predicted molar refractivity (Wildman–Crippen MR) is 77.9 cm³/mol. The first-order valence-corrected chi connectivity index (χ1v) is 7.30. The highest BCUT2D eigenvalue weighted by Gasteiger charge is 2.34. The van der Waals surface area contributed by atoms with Gasteiger partial charge in [0, 0.05) is 39.7 Å². The van der Waals surface area contributed by atoms with Crippen molar-refractivity contribution in [2.24, 2.45) is 12.1 Å². The lowest BCUT2D eigenvalue weighted by molar-refractivity contribution is -0.130. The van der Waals surface area contributed by atoms with Gasteiger partial charge in [-0.2, -0.15) is 10.2 Å². The summed E-state index contributed by atoms with van der Waals surface area (Å²) >= 11 is 0. The van der Waals surface area contributed by atoms with Gasteiger partial charge in [-0.1, -0.05) is 0 Å². The molecule has 2 amide bonds. The van der Waals surface area contributed by atoms with Crippen LogP contribution in [-0.4, -0.2) is 52.0 Å². The van der Waals surface area contributed by atoms with E-state index in [1.807, 2.05) is 13.1 Å². The smallest absolute Gasteiger partial charge is 0.267 e. The van der Waals surface area contributed by atoms with Crippen LogP contribution in [0.5, 0.6) is 0 Å². The van der Waals surface area contributed by atoms with E-state index < -0.39 is 0 Å². The van der Waals surface area contributed by atoms with Crippen LogP contribution in [0.25, 0.3) is 0 Å². The number of nitrogens with one attached hydrogen (secondary N) is 1. The van der Waals surface area contributed by atoms with Gasteiger partial charge >= 0.3 is 0 Å². The molecule has 8 nitrogen and oxygen atoms in total. The SMILES string of the molecule is CN1N=C(C(=O)N[C@H]2CCO[C@@H]2c2ccnn2C)CCC1=O. The van der Waals surface area contributed by atoms with E-state index in [9.17, 15) is 9.59 Å². The summed E-state index contributed by atoms with van der Waals surface area (Å²) in [6.07, 6.45) is 2.93. The zero-order chi connectivity index (χ0) is 15.7. The van der Waals surface area contributed by atoms with Crippen molar-refractivity contribution >= 4 is 17.5 Å². The quantitative estimate of drug-likeness (QED) is 0.849. The van der Waals surface area contributed by atoms with Gasteiger partial charge in [0.25, 0.3) is 5.91 Å². The molecule has 1 fully saturated rings. The minimum Gasteiger partial charge on any atom is -0.370 e. The van der Waals surface area contributed by atoms with E-state index in [1.54, 1.807) is 17.9 Å². The van der Waals surface area contributed by atoms with E-state index in [2.05, 4.69) is 15.5 Å². The van der Waals surface area contributed by atoms with Crippen LogP contribution >= 0.6 is 0 Å². The minimum atomic E-state index is -0.234. The van der Waals surface area contributed by atoms with E-state index in [0.717, 1.165) is 12.1 Å². The Kier molecular flexibility index (Phi) is 3.93. The van der Waals surface area contributed by atoms with Crippen LogP contribution in [0.15, 0.2) is 17.4 Å². The fourth-order valence-electron chi connectivity index (χ4n) is 2.78. The van der Waals surface area contributed by atoms with Crippen LogP contribution in [0.1, 0.15) is 31.1 Å². The number of hydrazone groups is 1. The summed E-state index contributed by atoms with van der Waals surface area (Å²) in [7, 11) is 3.41. The summed E-state index contributed by atoms with van der Waals surface area (Å²) in [6.45, 7) is 0.589. The average Bonchev–Trinajstić information content (AvgIpc) is 3.10. The van der Waals surface area contributed by atoms with E-state index in [1.165, 1.54) is 5.01 Å². The summed E-state index contributed by atoms with van der Waals surface area (Å²) < 4.78 is 7.49. The van der Waals surface area contributed by atoms with Gasteiger partial charge in [0.05, 0.1) is 11.7 Å². The normalized spacial score (nSPS) is 25.3. The second-order valence-corrected chi connectivity index (χ2v) is 5.50. The molecule has 3 rings (SSSR count). The fraction of sp³-hybridized carbons (Fsp3) is 0.571. The number of nitrogens with zero attached hydrogens (tertiary/aromatic N) is 4. The maximum Gasteiger partial charge on any atom is 0.267 e. The standard InChI is InChI=1S/C14H19N5O3/c1-18-11(5-7-15-18)13-9(6-8-22-13)16-14(21)10-3-4-12(20)19(2)17-10/h5,7,9,13H,3-4,6,8H2,1-2H3,(H,16,21)/t9-,13-/m0/s1. The third-order valence-corrected chi connectivity index (χ3v) is 4.03. The molecule has 1 N–H and O–H groups in total. The number of carbonyl (C=O) groups excluding carboxylic acids is 2. The summed E-state index contributed by atoms with van der Waals surface area (Å²) in [6, 6.07) is 1.77. The summed E-state index contributed by atoms with van der Waals surface area (Å²) in [5.74, 6) is -0.310. The monoisotopic (exact) mass is 305 g/mol. The zero-order valence-electron chi connectivity index (χ0n) is 12.7. The number of aryl methyl sites for hydroxylation is 1. The molecule has 0 spiro atoms. The number of carbonyl (C=O) groups is 2. The highest BCUT2D eigenvalue weighted by Crippen LogP contribution is 2.28. The molecular formula is C14H19N5O3. The van der Waals surface area contributed by atoms with Gasteiger partial charge in [0.2, 0.25) is 5.91 Å². The number of ether oxygens (including phenoxy) is 1. The third kappa shape index (κ3) is 2.74. The highest BCUT2D eigenvalue weighted by molar-refractivity contribution is 6.39. The maximum atomic E-state index is 12.3. The lowest BCUT2D eigenvalue weighted by atomic mass is 10.1. The van der Waals surface area contributed by atoms with Gasteiger partial charge < -0.3 is 10.1 Å². The Morgan fingerprint density at radius 1 is 1.41 bits per heavy atom. The van der Waals surface area contributed by atoms with E-state index in [-0.39, 0.29) is 24.0 Å². The molecule has 2 aliphatic rings. The van der Waals surface area contributed by atoms with Crippen molar-refractivity contribution in [3.63, 3.8) is 0 Å². The fourth-order valence-corrected chi connectivity index (χ4v) is 2.78. The van der Waals surface area contributed by atoms with Crippen LogP contribution in [0, 0.1) is 0 Å². The summed E-state index contributed by atoms with van der Waals surface area (Å²) in [5, 5.41) is 12.4. The van der Waals surface area contributed by atoms with Crippen molar-refractivity contribution in [3.05, 3.63) is 18.0 Å². The number of aromatic nitrogens is 2. The molecule has 22 heavy (non-hydrogen) atoms. The number of amides is 2. The molecule has 0 aliphatic carbocycles. The molecule has 2 atom stereocenters. The lowest BCUT2D eigenvalue weighted by Crippen LogP contribution is -2.43. The first kappa shape index (κ1) is 14.7. The van der Waals surface area contributed by atoms with Crippen LogP contribution in [-0.2, 0) is 21.4 Å². The number of hydrogen-bond donors (Lipinski definition) is 1. The van der Waals surface area contributed by atoms with Crippen molar-refractivity contribution in [3.8, 4) is 0 Å². The second kappa shape index (κ2) is 5.88. The molecule has 8 heteroatoms. The predicted octanol–water partition coefficient (Wildman–Crippen LogP) is -0.0255. The van der Waals surface area contributed by atoms with Crippen LogP contribution in [0.3, 0.4) is 0 Å². The topological polar surface area (TPSA) is 88.8 Å². The Bertz CT molecular complexity index is 624. The Labute approximate surface area is 128 Å². The minimum absolute atomic E-state index is 0.0755. The first-order chi connectivity index (χ1) is 10.6. The lowest BCUT2D eigenvalue weighted by Gasteiger charge is -2.23. The third-order valence-electron chi connectivity index (χ3n) is 4.03. The largest absolute Gasteiger partial charge is 0.370 e. The van der Waals surface area contributed by atoms with Crippen LogP contribution in [0.4, 0.5) is 0 Å². The molecule has 0 aromatic carbocycles. The van der Waals surface area contributed by atoms with Gasteiger partial charge in [0.1, 0.15) is 11.8 Å². The van der Waals surface area contributed by atoms with Crippen molar-refractivity contribution < 1.29 is 14.3 Å². The molecule has 1 aromatic heterocycles. The van der Waals surface area contributed by atoms with Crippen LogP contribution < -0.4 is 5.32 Å². The van der Waals surface area contributed by atoms with Crippen molar-refractivity contribution in [1.82, 2.24) is 20.1 Å². The van der Waals surface area contributed by atoms with Gasteiger partial charge in [-0.15, -0.1) is 0 Å². The van der Waals surface area contributed by atoms with Crippen molar-refractivity contribution in [1.29, 1.82) is 0 Å². The van der Waals surface area contributed by atoms with Gasteiger partial charge in [-0.3, -0.25) is 14.3 Å². The molecule has 0 unspecified atom stereocenters. The maximum absolute atomic E-state index is 12.3. The van der Waals surface area contributed by atoms with E-state index in [0.29, 0.717) is 25.2 Å². The Hall–Kier alpha value is -2.22. The summed E-state index contributed by atoms with van der Waals surface area (Å²) in [4.78, 5) is 23.8. The molecular weight excluding hydrogens is 286 g/mol. The second-order valence-electron chi connectivity index (χ2n) is 5.50. The van der Waals surface area contributed by atoms with Gasteiger partial charge in [0.15, 0.2) is 0 Å².